The molecule has 0 heterocycles. The Balaban J connectivity index is 2.27. The van der Waals surface area contributed by atoms with Gasteiger partial charge in [0.1, 0.15) is 0 Å². The van der Waals surface area contributed by atoms with Crippen molar-refractivity contribution in [3.8, 4) is 0 Å². The monoisotopic (exact) mass is 275 g/mol. The molecular weight excluding hydrogens is 250 g/mol. The van der Waals surface area contributed by atoms with E-state index in [1.165, 1.54) is 12.8 Å². The lowest BCUT2D eigenvalue weighted by Crippen LogP contribution is -2.36. The van der Waals surface area contributed by atoms with E-state index < -0.39 is 14.6 Å². The van der Waals surface area contributed by atoms with Crippen LogP contribution in [0, 0.1) is 5.92 Å². The first-order valence-electron chi connectivity index (χ1n) is 6.71. The lowest BCUT2D eigenvalue weighted by atomic mass is 10.0. The number of hydrogen-bond acceptors (Lipinski definition) is 3. The fourth-order valence-electron chi connectivity index (χ4n) is 2.18. The van der Waals surface area contributed by atoms with Gasteiger partial charge in [0, 0.05) is 13.0 Å². The molecule has 18 heavy (non-hydrogen) atoms. The van der Waals surface area contributed by atoms with E-state index in [1.807, 2.05) is 0 Å². The van der Waals surface area contributed by atoms with Gasteiger partial charge in [-0.15, -0.1) is 0 Å². The van der Waals surface area contributed by atoms with Crippen molar-refractivity contribution in [2.24, 2.45) is 5.92 Å². The van der Waals surface area contributed by atoms with E-state index in [0.717, 1.165) is 12.8 Å². The molecule has 0 aromatic carbocycles. The number of amides is 1. The highest BCUT2D eigenvalue weighted by molar-refractivity contribution is 7.92. The Morgan fingerprint density at radius 1 is 1.22 bits per heavy atom. The van der Waals surface area contributed by atoms with Crippen molar-refractivity contribution in [1.82, 2.24) is 5.32 Å². The summed E-state index contributed by atoms with van der Waals surface area (Å²) >= 11 is 0. The Bertz CT molecular complexity index is 376. The summed E-state index contributed by atoms with van der Waals surface area (Å²) in [6.45, 7) is 5.28. The first-order chi connectivity index (χ1) is 8.22. The summed E-state index contributed by atoms with van der Waals surface area (Å²) in [5.41, 5.74) is 0. The molecule has 0 aliphatic heterocycles. The van der Waals surface area contributed by atoms with Gasteiger partial charge in [0.05, 0.1) is 10.5 Å². The van der Waals surface area contributed by atoms with Gasteiger partial charge in [0.25, 0.3) is 0 Å². The molecule has 0 unspecified atom stereocenters. The highest BCUT2D eigenvalue weighted by Crippen LogP contribution is 2.27. The van der Waals surface area contributed by atoms with Crippen LogP contribution < -0.4 is 5.32 Å². The van der Waals surface area contributed by atoms with Gasteiger partial charge in [-0.1, -0.05) is 12.8 Å². The standard InChI is InChI=1S/C13H25NO3S/c1-13(2,3)18(16,17)9-8-14-12(15)10-11-6-4-5-7-11/h11H,4-10H2,1-3H3,(H,14,15). The molecule has 0 bridgehead atoms. The van der Waals surface area contributed by atoms with Gasteiger partial charge in [0.15, 0.2) is 9.84 Å². The molecule has 1 fully saturated rings. The predicted molar refractivity (Wildman–Crippen MR) is 73.1 cm³/mol. The Labute approximate surface area is 110 Å². The molecule has 4 nitrogen and oxygen atoms in total. The number of rotatable bonds is 5. The zero-order valence-corrected chi connectivity index (χ0v) is 12.5. The van der Waals surface area contributed by atoms with E-state index in [-0.39, 0.29) is 18.2 Å². The van der Waals surface area contributed by atoms with Crippen LogP contribution in [0.3, 0.4) is 0 Å². The minimum Gasteiger partial charge on any atom is -0.355 e. The van der Waals surface area contributed by atoms with E-state index in [9.17, 15) is 13.2 Å². The van der Waals surface area contributed by atoms with Gasteiger partial charge in [-0.2, -0.15) is 0 Å². The van der Waals surface area contributed by atoms with Crippen LogP contribution in [0.5, 0.6) is 0 Å². The molecule has 0 radical (unpaired) electrons. The summed E-state index contributed by atoms with van der Waals surface area (Å²) in [6, 6.07) is 0. The maximum atomic E-state index is 11.8. The van der Waals surface area contributed by atoms with E-state index in [0.29, 0.717) is 12.3 Å². The summed E-state index contributed by atoms with van der Waals surface area (Å²) in [6.07, 6.45) is 5.25. The van der Waals surface area contributed by atoms with Crippen LogP contribution in [0.1, 0.15) is 52.9 Å². The smallest absolute Gasteiger partial charge is 0.220 e. The summed E-state index contributed by atoms with van der Waals surface area (Å²) in [5, 5.41) is 2.72. The molecule has 0 aromatic rings. The minimum absolute atomic E-state index is 0.00832. The van der Waals surface area contributed by atoms with Gasteiger partial charge < -0.3 is 5.32 Å². The molecule has 5 heteroatoms. The van der Waals surface area contributed by atoms with Gasteiger partial charge in [-0.25, -0.2) is 8.42 Å². The predicted octanol–water partition coefficient (Wildman–Crippen LogP) is 1.90. The number of nitrogens with one attached hydrogen (secondary N) is 1. The molecule has 1 aliphatic carbocycles. The maximum Gasteiger partial charge on any atom is 0.220 e. The van der Waals surface area contributed by atoms with Gasteiger partial charge >= 0.3 is 0 Å². The fourth-order valence-corrected chi connectivity index (χ4v) is 3.16. The molecule has 0 saturated heterocycles. The maximum absolute atomic E-state index is 11.8. The van der Waals surface area contributed by atoms with Crippen LogP contribution in [0.15, 0.2) is 0 Å². The lowest BCUT2D eigenvalue weighted by Gasteiger charge is -2.19. The van der Waals surface area contributed by atoms with E-state index >= 15 is 0 Å². The Morgan fingerprint density at radius 2 is 1.78 bits per heavy atom. The van der Waals surface area contributed by atoms with E-state index in [4.69, 9.17) is 0 Å². The zero-order valence-electron chi connectivity index (χ0n) is 11.7. The second kappa shape index (κ2) is 6.04. The summed E-state index contributed by atoms with van der Waals surface area (Å²) in [5.74, 6) is 0.516. The summed E-state index contributed by atoms with van der Waals surface area (Å²) in [7, 11) is -3.14. The molecule has 0 aromatic heterocycles. The molecule has 1 rings (SSSR count). The van der Waals surface area contributed by atoms with Crippen LogP contribution in [0.25, 0.3) is 0 Å². The highest BCUT2D eigenvalue weighted by atomic mass is 32.2. The van der Waals surface area contributed by atoms with Crippen LogP contribution in [0.4, 0.5) is 0 Å². The SMILES string of the molecule is CC(C)(C)S(=O)(=O)CCNC(=O)CC1CCCC1. The third-order valence-electron chi connectivity index (χ3n) is 3.57. The van der Waals surface area contributed by atoms with Gasteiger partial charge in [-0.3, -0.25) is 4.79 Å². The van der Waals surface area contributed by atoms with Crippen LogP contribution >= 0.6 is 0 Å². The van der Waals surface area contributed by atoms with Gasteiger partial charge in [-0.05, 0) is 39.5 Å². The first-order valence-corrected chi connectivity index (χ1v) is 8.36. The van der Waals surface area contributed by atoms with Crippen LogP contribution in [-0.2, 0) is 14.6 Å². The van der Waals surface area contributed by atoms with Gasteiger partial charge in [0.2, 0.25) is 5.91 Å². The quantitative estimate of drug-likeness (QED) is 0.833. The second-order valence-electron chi connectivity index (χ2n) is 6.14. The van der Waals surface area contributed by atoms with Crippen molar-refractivity contribution >= 4 is 15.7 Å². The number of sulfone groups is 1. The largest absolute Gasteiger partial charge is 0.355 e. The van der Waals surface area contributed by atoms with E-state index in [2.05, 4.69) is 5.32 Å². The minimum atomic E-state index is -3.14. The normalized spacial score (nSPS) is 17.9. The molecule has 0 spiro atoms. The Morgan fingerprint density at radius 3 is 2.28 bits per heavy atom. The Hall–Kier alpha value is -0.580. The lowest BCUT2D eigenvalue weighted by molar-refractivity contribution is -0.121. The van der Waals surface area contributed by atoms with Crippen LogP contribution in [0.2, 0.25) is 0 Å². The molecule has 1 N–H and O–H groups in total. The molecule has 106 valence electrons. The van der Waals surface area contributed by atoms with E-state index in [1.54, 1.807) is 20.8 Å². The molecule has 0 atom stereocenters. The van der Waals surface area contributed by atoms with Crippen molar-refractivity contribution in [3.05, 3.63) is 0 Å². The number of carbonyl (C=O) groups excluding carboxylic acids is 1. The fraction of sp³-hybridized carbons (Fsp3) is 0.923. The highest BCUT2D eigenvalue weighted by Gasteiger charge is 2.28. The second-order valence-corrected chi connectivity index (χ2v) is 9.00. The third kappa shape index (κ3) is 4.59. The molecule has 1 amide bonds. The van der Waals surface area contributed by atoms with Crippen LogP contribution in [-0.4, -0.2) is 31.4 Å². The first kappa shape index (κ1) is 15.5. The molecule has 1 aliphatic rings. The summed E-state index contributed by atoms with van der Waals surface area (Å²) < 4.78 is 22.9. The number of hydrogen-bond donors (Lipinski definition) is 1. The van der Waals surface area contributed by atoms with Crippen molar-refractivity contribution in [2.75, 3.05) is 12.3 Å². The van der Waals surface area contributed by atoms with Crippen molar-refractivity contribution in [1.29, 1.82) is 0 Å². The van der Waals surface area contributed by atoms with Crippen molar-refractivity contribution in [2.45, 2.75) is 57.6 Å². The van der Waals surface area contributed by atoms with Crippen molar-refractivity contribution in [3.63, 3.8) is 0 Å². The summed E-state index contributed by atoms with van der Waals surface area (Å²) in [4.78, 5) is 11.6. The zero-order chi connectivity index (χ0) is 13.8. The topological polar surface area (TPSA) is 63.2 Å². The third-order valence-corrected chi connectivity index (χ3v) is 6.18. The molecular formula is C13H25NO3S. The Kier molecular flexibility index (Phi) is 5.20. The average molecular weight is 275 g/mol. The average Bonchev–Trinajstić information content (AvgIpc) is 2.68. The molecule has 1 saturated carbocycles. The van der Waals surface area contributed by atoms with Crippen molar-refractivity contribution < 1.29 is 13.2 Å². The number of carbonyl (C=O) groups is 1.